The van der Waals surface area contributed by atoms with Crippen molar-refractivity contribution in [3.8, 4) is 11.5 Å². The van der Waals surface area contributed by atoms with E-state index in [1.807, 2.05) is 37.3 Å². The van der Waals surface area contributed by atoms with Gasteiger partial charge in [0.15, 0.2) is 23.0 Å². The van der Waals surface area contributed by atoms with E-state index in [9.17, 15) is 4.79 Å². The van der Waals surface area contributed by atoms with Crippen LogP contribution in [0.2, 0.25) is 0 Å². The van der Waals surface area contributed by atoms with Crippen molar-refractivity contribution >= 4 is 22.7 Å². The van der Waals surface area contributed by atoms with Gasteiger partial charge in [0, 0.05) is 24.6 Å². The Morgan fingerprint density at radius 1 is 1.15 bits per heavy atom. The Bertz CT molecular complexity index is 933. The van der Waals surface area contributed by atoms with Gasteiger partial charge in [-0.2, -0.15) is 0 Å². The number of hydrogen-bond acceptors (Lipinski definition) is 5. The molecule has 26 heavy (non-hydrogen) atoms. The van der Waals surface area contributed by atoms with Gasteiger partial charge in [0.1, 0.15) is 5.52 Å². The van der Waals surface area contributed by atoms with Crippen molar-refractivity contribution in [2.45, 2.75) is 20.3 Å². The molecule has 0 aliphatic heterocycles. The van der Waals surface area contributed by atoms with Gasteiger partial charge >= 0.3 is 0 Å². The molecule has 1 unspecified atom stereocenters. The first-order valence-electron chi connectivity index (χ1n) is 8.39. The fourth-order valence-corrected chi connectivity index (χ4v) is 2.84. The Labute approximate surface area is 152 Å². The Balaban J connectivity index is 1.68. The average molecular weight is 354 g/mol. The lowest BCUT2D eigenvalue weighted by molar-refractivity contribution is -0.119. The van der Waals surface area contributed by atoms with Crippen LogP contribution in [-0.4, -0.2) is 25.1 Å². The van der Waals surface area contributed by atoms with Crippen molar-refractivity contribution in [2.75, 3.05) is 19.5 Å². The number of oxazole rings is 1. The van der Waals surface area contributed by atoms with E-state index in [0.29, 0.717) is 35.1 Å². The molecule has 0 radical (unpaired) electrons. The molecule has 6 nitrogen and oxygen atoms in total. The van der Waals surface area contributed by atoms with Crippen LogP contribution in [0.3, 0.4) is 0 Å². The second-order valence-electron chi connectivity index (χ2n) is 6.20. The third-order valence-corrected chi connectivity index (χ3v) is 4.20. The summed E-state index contributed by atoms with van der Waals surface area (Å²) in [6.45, 7) is 3.69. The molecule has 2 aromatic carbocycles. The summed E-state index contributed by atoms with van der Waals surface area (Å²) >= 11 is 0. The van der Waals surface area contributed by atoms with Crippen molar-refractivity contribution in [1.82, 2.24) is 4.98 Å². The summed E-state index contributed by atoms with van der Waals surface area (Å²) in [6.07, 6.45) is 0.593. The standard InChI is InChI=1S/C20H22N2O4/c1-12(9-14-5-8-17(24-3)19(10-14)25-4)20(23)22-15-6-7-16-18(11-15)26-13(2)21-16/h5-8,10-12H,9H2,1-4H3,(H,22,23). The van der Waals surface area contributed by atoms with E-state index < -0.39 is 0 Å². The summed E-state index contributed by atoms with van der Waals surface area (Å²) in [5.41, 5.74) is 3.14. The molecule has 0 spiro atoms. The van der Waals surface area contributed by atoms with Crippen LogP contribution in [0.1, 0.15) is 18.4 Å². The number of amides is 1. The van der Waals surface area contributed by atoms with Gasteiger partial charge in [0.2, 0.25) is 5.91 Å². The van der Waals surface area contributed by atoms with Crippen LogP contribution in [0, 0.1) is 12.8 Å². The van der Waals surface area contributed by atoms with Gasteiger partial charge in [0.05, 0.1) is 14.2 Å². The van der Waals surface area contributed by atoms with Crippen LogP contribution in [0.25, 0.3) is 11.1 Å². The molecule has 0 fully saturated rings. The zero-order valence-electron chi connectivity index (χ0n) is 15.3. The number of rotatable bonds is 6. The van der Waals surface area contributed by atoms with E-state index in [2.05, 4.69) is 10.3 Å². The number of benzene rings is 2. The Hall–Kier alpha value is -3.02. The van der Waals surface area contributed by atoms with E-state index >= 15 is 0 Å². The maximum absolute atomic E-state index is 12.5. The Morgan fingerprint density at radius 2 is 1.92 bits per heavy atom. The molecule has 3 rings (SSSR count). The molecule has 1 amide bonds. The normalized spacial score (nSPS) is 12.0. The topological polar surface area (TPSA) is 73.6 Å². The maximum atomic E-state index is 12.5. The number of nitrogens with one attached hydrogen (secondary N) is 1. The molecule has 6 heteroatoms. The molecule has 136 valence electrons. The third kappa shape index (κ3) is 3.79. The van der Waals surface area contributed by atoms with E-state index in [4.69, 9.17) is 13.9 Å². The number of ether oxygens (including phenoxy) is 2. The zero-order valence-corrected chi connectivity index (χ0v) is 15.3. The lowest BCUT2D eigenvalue weighted by atomic mass is 10.00. The van der Waals surface area contributed by atoms with E-state index in [-0.39, 0.29) is 11.8 Å². The predicted octanol–water partition coefficient (Wildman–Crippen LogP) is 3.97. The molecule has 1 atom stereocenters. The highest BCUT2D eigenvalue weighted by Gasteiger charge is 2.16. The van der Waals surface area contributed by atoms with Crippen molar-refractivity contribution in [1.29, 1.82) is 0 Å². The maximum Gasteiger partial charge on any atom is 0.227 e. The second kappa shape index (κ2) is 7.47. The lowest BCUT2D eigenvalue weighted by Crippen LogP contribution is -2.22. The van der Waals surface area contributed by atoms with Crippen molar-refractivity contribution in [3.05, 3.63) is 47.9 Å². The molecule has 0 saturated carbocycles. The van der Waals surface area contributed by atoms with Gasteiger partial charge in [-0.05, 0) is 36.2 Å². The van der Waals surface area contributed by atoms with E-state index in [0.717, 1.165) is 11.1 Å². The molecule has 0 saturated heterocycles. The van der Waals surface area contributed by atoms with Crippen LogP contribution in [0.5, 0.6) is 11.5 Å². The number of methoxy groups -OCH3 is 2. The number of nitrogens with zero attached hydrogens (tertiary/aromatic N) is 1. The van der Waals surface area contributed by atoms with Crippen LogP contribution in [0.4, 0.5) is 5.69 Å². The zero-order chi connectivity index (χ0) is 18.7. The molecule has 1 heterocycles. The van der Waals surface area contributed by atoms with Crippen LogP contribution in [0.15, 0.2) is 40.8 Å². The molecule has 0 aliphatic carbocycles. The van der Waals surface area contributed by atoms with Crippen molar-refractivity contribution in [2.24, 2.45) is 5.92 Å². The van der Waals surface area contributed by atoms with Gasteiger partial charge in [-0.15, -0.1) is 0 Å². The number of carbonyl (C=O) groups is 1. The molecule has 0 aliphatic rings. The van der Waals surface area contributed by atoms with E-state index in [1.54, 1.807) is 27.2 Å². The highest BCUT2D eigenvalue weighted by molar-refractivity contribution is 5.94. The fourth-order valence-electron chi connectivity index (χ4n) is 2.84. The number of aromatic nitrogens is 1. The molecule has 0 bridgehead atoms. The Kier molecular flexibility index (Phi) is 5.11. The summed E-state index contributed by atoms with van der Waals surface area (Å²) < 4.78 is 16.1. The van der Waals surface area contributed by atoms with Crippen LogP contribution >= 0.6 is 0 Å². The summed E-state index contributed by atoms with van der Waals surface area (Å²) in [5.74, 6) is 1.66. The summed E-state index contributed by atoms with van der Waals surface area (Å²) in [6, 6.07) is 11.1. The number of fused-ring (bicyclic) bond motifs is 1. The van der Waals surface area contributed by atoms with Crippen LogP contribution < -0.4 is 14.8 Å². The van der Waals surface area contributed by atoms with Crippen molar-refractivity contribution in [3.63, 3.8) is 0 Å². The highest BCUT2D eigenvalue weighted by Crippen LogP contribution is 2.28. The van der Waals surface area contributed by atoms with Crippen LogP contribution in [-0.2, 0) is 11.2 Å². The van der Waals surface area contributed by atoms with Gasteiger partial charge in [-0.1, -0.05) is 13.0 Å². The van der Waals surface area contributed by atoms with Gasteiger partial charge in [-0.3, -0.25) is 4.79 Å². The summed E-state index contributed by atoms with van der Waals surface area (Å²) in [4.78, 5) is 16.8. The molecular weight excluding hydrogens is 332 g/mol. The first kappa shape index (κ1) is 17.8. The monoisotopic (exact) mass is 354 g/mol. The second-order valence-corrected chi connectivity index (χ2v) is 6.20. The molecule has 1 N–H and O–H groups in total. The smallest absolute Gasteiger partial charge is 0.227 e. The summed E-state index contributed by atoms with van der Waals surface area (Å²) in [7, 11) is 3.19. The largest absolute Gasteiger partial charge is 0.493 e. The van der Waals surface area contributed by atoms with Gasteiger partial charge < -0.3 is 19.2 Å². The number of aryl methyl sites for hydroxylation is 1. The Morgan fingerprint density at radius 3 is 2.65 bits per heavy atom. The molecule has 3 aromatic rings. The van der Waals surface area contributed by atoms with Gasteiger partial charge in [-0.25, -0.2) is 4.98 Å². The average Bonchev–Trinajstić information content (AvgIpc) is 3.00. The SMILES string of the molecule is COc1ccc(CC(C)C(=O)Nc2ccc3nc(C)oc3c2)cc1OC. The minimum Gasteiger partial charge on any atom is -0.493 e. The third-order valence-electron chi connectivity index (χ3n) is 4.20. The van der Waals surface area contributed by atoms with E-state index in [1.165, 1.54) is 0 Å². The minimum absolute atomic E-state index is 0.0598. The highest BCUT2D eigenvalue weighted by atomic mass is 16.5. The molecule has 1 aromatic heterocycles. The van der Waals surface area contributed by atoms with Crippen molar-refractivity contribution < 1.29 is 18.7 Å². The first-order chi connectivity index (χ1) is 12.5. The fraction of sp³-hybridized carbons (Fsp3) is 0.300. The summed E-state index contributed by atoms with van der Waals surface area (Å²) in [5, 5.41) is 2.93. The molecular formula is C20H22N2O4. The quantitative estimate of drug-likeness (QED) is 0.725. The van der Waals surface area contributed by atoms with Gasteiger partial charge in [0.25, 0.3) is 0 Å². The predicted molar refractivity (Wildman–Crippen MR) is 99.8 cm³/mol. The number of hydrogen-bond donors (Lipinski definition) is 1. The lowest BCUT2D eigenvalue weighted by Gasteiger charge is -2.14. The number of carbonyl (C=O) groups excluding carboxylic acids is 1. The first-order valence-corrected chi connectivity index (χ1v) is 8.39. The number of anilines is 1. The minimum atomic E-state index is -0.208.